The number of aromatic nitrogens is 1. The SMILES string of the molecule is CC(C)CN(CC(C)C)C(c1ccncc1)C(C)N. The summed E-state index contributed by atoms with van der Waals surface area (Å²) < 4.78 is 0. The summed E-state index contributed by atoms with van der Waals surface area (Å²) in [6.07, 6.45) is 3.71. The standard InChI is InChI=1S/C16H29N3/c1-12(2)10-19(11-13(3)4)16(14(5)17)15-6-8-18-9-7-15/h6-9,12-14,16H,10-11,17H2,1-5H3. The summed E-state index contributed by atoms with van der Waals surface area (Å²) in [5, 5.41) is 0. The first-order chi connectivity index (χ1) is 8.91. The number of hydrogen-bond donors (Lipinski definition) is 1. The fourth-order valence-electron chi connectivity index (χ4n) is 2.65. The summed E-state index contributed by atoms with van der Waals surface area (Å²) in [6.45, 7) is 13.3. The Kier molecular flexibility index (Phi) is 6.46. The second-order valence-corrected chi connectivity index (χ2v) is 6.33. The molecule has 108 valence electrons. The highest BCUT2D eigenvalue weighted by atomic mass is 15.2. The first kappa shape index (κ1) is 16.1. The van der Waals surface area contributed by atoms with Gasteiger partial charge in [-0.2, -0.15) is 0 Å². The Balaban J connectivity index is 2.98. The van der Waals surface area contributed by atoms with Crippen LogP contribution in [0.1, 0.15) is 46.2 Å². The average Bonchev–Trinajstić information content (AvgIpc) is 2.28. The summed E-state index contributed by atoms with van der Waals surface area (Å²) in [5.74, 6) is 1.28. The molecule has 3 heteroatoms. The Hall–Kier alpha value is -0.930. The van der Waals surface area contributed by atoms with Crippen LogP contribution in [0.2, 0.25) is 0 Å². The molecular weight excluding hydrogens is 234 g/mol. The van der Waals surface area contributed by atoms with E-state index in [1.165, 1.54) is 5.56 Å². The van der Waals surface area contributed by atoms with Crippen molar-refractivity contribution >= 4 is 0 Å². The van der Waals surface area contributed by atoms with E-state index in [2.05, 4.69) is 56.6 Å². The van der Waals surface area contributed by atoms with Crippen molar-refractivity contribution in [1.82, 2.24) is 9.88 Å². The zero-order valence-electron chi connectivity index (χ0n) is 13.0. The van der Waals surface area contributed by atoms with Crippen LogP contribution in [-0.2, 0) is 0 Å². The quantitative estimate of drug-likeness (QED) is 0.822. The molecule has 1 aromatic heterocycles. The second-order valence-electron chi connectivity index (χ2n) is 6.33. The van der Waals surface area contributed by atoms with Crippen LogP contribution in [0.5, 0.6) is 0 Å². The topological polar surface area (TPSA) is 42.2 Å². The molecule has 0 saturated carbocycles. The molecule has 0 bridgehead atoms. The lowest BCUT2D eigenvalue weighted by Crippen LogP contribution is -2.43. The van der Waals surface area contributed by atoms with Crippen molar-refractivity contribution in [2.45, 2.75) is 46.7 Å². The number of pyridine rings is 1. The summed E-state index contributed by atoms with van der Waals surface area (Å²) in [6, 6.07) is 4.55. The summed E-state index contributed by atoms with van der Waals surface area (Å²) in [5.41, 5.74) is 7.53. The first-order valence-corrected chi connectivity index (χ1v) is 7.31. The zero-order chi connectivity index (χ0) is 14.4. The highest BCUT2D eigenvalue weighted by Crippen LogP contribution is 2.25. The zero-order valence-corrected chi connectivity index (χ0v) is 13.0. The number of nitrogens with two attached hydrogens (primary N) is 1. The Bertz CT molecular complexity index is 336. The summed E-state index contributed by atoms with van der Waals surface area (Å²) in [4.78, 5) is 6.63. The van der Waals surface area contributed by atoms with Gasteiger partial charge in [0.25, 0.3) is 0 Å². The number of hydrogen-bond acceptors (Lipinski definition) is 3. The van der Waals surface area contributed by atoms with Gasteiger partial charge in [-0.25, -0.2) is 0 Å². The maximum atomic E-state index is 6.26. The maximum Gasteiger partial charge on any atom is 0.0497 e. The molecule has 0 amide bonds. The fourth-order valence-corrected chi connectivity index (χ4v) is 2.65. The highest BCUT2D eigenvalue weighted by molar-refractivity contribution is 5.17. The molecule has 0 fully saturated rings. The molecule has 0 aliphatic rings. The predicted octanol–water partition coefficient (Wildman–Crippen LogP) is 3.08. The van der Waals surface area contributed by atoms with Gasteiger partial charge in [0.05, 0.1) is 0 Å². The molecule has 1 heterocycles. The van der Waals surface area contributed by atoms with Gasteiger partial charge in [0, 0.05) is 37.6 Å². The van der Waals surface area contributed by atoms with Crippen molar-refractivity contribution in [3.8, 4) is 0 Å². The third-order valence-corrected chi connectivity index (χ3v) is 3.14. The van der Waals surface area contributed by atoms with E-state index < -0.39 is 0 Å². The van der Waals surface area contributed by atoms with Crippen molar-refractivity contribution in [3.63, 3.8) is 0 Å². The lowest BCUT2D eigenvalue weighted by Gasteiger charge is -2.36. The molecule has 0 aliphatic heterocycles. The van der Waals surface area contributed by atoms with Gasteiger partial charge in [-0.1, -0.05) is 27.7 Å². The van der Waals surface area contributed by atoms with Gasteiger partial charge in [0.1, 0.15) is 0 Å². The third-order valence-electron chi connectivity index (χ3n) is 3.14. The van der Waals surface area contributed by atoms with E-state index in [0.717, 1.165) is 13.1 Å². The van der Waals surface area contributed by atoms with Gasteiger partial charge in [0.2, 0.25) is 0 Å². The van der Waals surface area contributed by atoms with Crippen LogP contribution in [0.3, 0.4) is 0 Å². The van der Waals surface area contributed by atoms with Crippen LogP contribution < -0.4 is 5.73 Å². The molecule has 3 nitrogen and oxygen atoms in total. The normalized spacial score (nSPS) is 15.2. The Labute approximate surface area is 118 Å². The Morgan fingerprint density at radius 3 is 1.84 bits per heavy atom. The molecule has 0 aromatic carbocycles. The molecule has 2 unspecified atom stereocenters. The van der Waals surface area contributed by atoms with Crippen molar-refractivity contribution in [1.29, 1.82) is 0 Å². The number of rotatable bonds is 7. The highest BCUT2D eigenvalue weighted by Gasteiger charge is 2.25. The van der Waals surface area contributed by atoms with Crippen LogP contribution in [-0.4, -0.2) is 29.0 Å². The molecule has 2 N–H and O–H groups in total. The van der Waals surface area contributed by atoms with Gasteiger partial charge in [-0.15, -0.1) is 0 Å². The largest absolute Gasteiger partial charge is 0.326 e. The molecule has 2 atom stereocenters. The maximum absolute atomic E-state index is 6.26. The average molecular weight is 263 g/mol. The second kappa shape index (κ2) is 7.61. The van der Waals surface area contributed by atoms with Gasteiger partial charge >= 0.3 is 0 Å². The molecule has 0 radical (unpaired) electrons. The number of nitrogens with zero attached hydrogens (tertiary/aromatic N) is 2. The lowest BCUT2D eigenvalue weighted by atomic mass is 9.97. The third kappa shape index (κ3) is 5.29. The van der Waals surface area contributed by atoms with Crippen LogP contribution in [0, 0.1) is 11.8 Å². The minimum Gasteiger partial charge on any atom is -0.326 e. The van der Waals surface area contributed by atoms with Crippen LogP contribution in [0.25, 0.3) is 0 Å². The molecule has 0 spiro atoms. The van der Waals surface area contributed by atoms with E-state index in [0.29, 0.717) is 11.8 Å². The molecule has 1 rings (SSSR count). The molecular formula is C16H29N3. The van der Waals surface area contributed by atoms with Crippen molar-refractivity contribution < 1.29 is 0 Å². The summed E-state index contributed by atoms with van der Waals surface area (Å²) in [7, 11) is 0. The van der Waals surface area contributed by atoms with Crippen molar-refractivity contribution in [3.05, 3.63) is 30.1 Å². The van der Waals surface area contributed by atoms with E-state index in [4.69, 9.17) is 5.73 Å². The van der Waals surface area contributed by atoms with E-state index >= 15 is 0 Å². The Morgan fingerprint density at radius 1 is 1.00 bits per heavy atom. The van der Waals surface area contributed by atoms with E-state index in [-0.39, 0.29) is 12.1 Å². The van der Waals surface area contributed by atoms with Crippen LogP contribution >= 0.6 is 0 Å². The summed E-state index contributed by atoms with van der Waals surface area (Å²) >= 11 is 0. The molecule has 1 aromatic rings. The van der Waals surface area contributed by atoms with Gasteiger partial charge in [-0.3, -0.25) is 9.88 Å². The van der Waals surface area contributed by atoms with E-state index in [1.54, 1.807) is 0 Å². The van der Waals surface area contributed by atoms with Crippen molar-refractivity contribution in [2.24, 2.45) is 17.6 Å². The molecule has 0 saturated heterocycles. The van der Waals surface area contributed by atoms with Crippen LogP contribution in [0.4, 0.5) is 0 Å². The fraction of sp³-hybridized carbons (Fsp3) is 0.688. The lowest BCUT2D eigenvalue weighted by molar-refractivity contribution is 0.140. The minimum atomic E-state index is 0.111. The smallest absolute Gasteiger partial charge is 0.0497 e. The Morgan fingerprint density at radius 2 is 1.47 bits per heavy atom. The monoisotopic (exact) mass is 263 g/mol. The van der Waals surface area contributed by atoms with Gasteiger partial charge in [-0.05, 0) is 36.5 Å². The predicted molar refractivity (Wildman–Crippen MR) is 81.9 cm³/mol. The van der Waals surface area contributed by atoms with E-state index in [9.17, 15) is 0 Å². The van der Waals surface area contributed by atoms with Crippen LogP contribution in [0.15, 0.2) is 24.5 Å². The van der Waals surface area contributed by atoms with Gasteiger partial charge < -0.3 is 5.73 Å². The van der Waals surface area contributed by atoms with Gasteiger partial charge in [0.15, 0.2) is 0 Å². The first-order valence-electron chi connectivity index (χ1n) is 7.31. The van der Waals surface area contributed by atoms with Crippen molar-refractivity contribution in [2.75, 3.05) is 13.1 Å². The molecule has 0 aliphatic carbocycles. The minimum absolute atomic E-state index is 0.111. The van der Waals surface area contributed by atoms with E-state index in [1.807, 2.05) is 12.4 Å². The molecule has 19 heavy (non-hydrogen) atoms.